The van der Waals surface area contributed by atoms with Crippen molar-refractivity contribution in [2.24, 2.45) is 11.3 Å². The van der Waals surface area contributed by atoms with Gasteiger partial charge in [0.15, 0.2) is 0 Å². The first kappa shape index (κ1) is 15.4. The molecule has 0 radical (unpaired) electrons. The molecule has 0 amide bonds. The van der Waals surface area contributed by atoms with Crippen molar-refractivity contribution >= 4 is 5.69 Å². The molecule has 0 aliphatic carbocycles. The van der Waals surface area contributed by atoms with Crippen LogP contribution in [0, 0.1) is 11.3 Å². The molecule has 1 fully saturated rings. The van der Waals surface area contributed by atoms with Crippen LogP contribution in [-0.4, -0.2) is 24.5 Å². The lowest BCUT2D eigenvalue weighted by atomic mass is 9.75. The second-order valence-electron chi connectivity index (χ2n) is 7.28. The minimum atomic E-state index is 0.477. The molecule has 2 N–H and O–H groups in total. The Labute approximate surface area is 124 Å². The molecule has 1 aromatic rings. The highest BCUT2D eigenvalue weighted by molar-refractivity contribution is 5.46. The summed E-state index contributed by atoms with van der Waals surface area (Å²) < 4.78 is 0. The average molecular weight is 274 g/mol. The zero-order valence-electron chi connectivity index (χ0n) is 13.4. The topological polar surface area (TPSA) is 29.3 Å². The summed E-state index contributed by atoms with van der Waals surface area (Å²) in [6.45, 7) is 10.9. The lowest BCUT2D eigenvalue weighted by Crippen LogP contribution is -2.38. The third-order valence-corrected chi connectivity index (χ3v) is 4.79. The Bertz CT molecular complexity index is 412. The summed E-state index contributed by atoms with van der Waals surface area (Å²) in [4.78, 5) is 2.63. The van der Waals surface area contributed by atoms with E-state index in [-0.39, 0.29) is 0 Å². The number of nitrogen functional groups attached to an aromatic ring is 1. The molecular formula is C18H30N2. The van der Waals surface area contributed by atoms with E-state index in [0.717, 1.165) is 18.0 Å². The predicted octanol–water partition coefficient (Wildman–Crippen LogP) is 3.96. The molecule has 0 atom stereocenters. The minimum absolute atomic E-state index is 0.477. The van der Waals surface area contributed by atoms with E-state index in [1.165, 1.54) is 44.5 Å². The van der Waals surface area contributed by atoms with E-state index in [4.69, 9.17) is 5.73 Å². The number of aryl methyl sites for hydroxylation is 1. The van der Waals surface area contributed by atoms with Crippen LogP contribution in [0.3, 0.4) is 0 Å². The number of benzene rings is 1. The maximum atomic E-state index is 5.99. The van der Waals surface area contributed by atoms with Gasteiger partial charge in [-0.2, -0.15) is 0 Å². The van der Waals surface area contributed by atoms with E-state index in [2.05, 4.69) is 37.8 Å². The number of piperidine rings is 1. The van der Waals surface area contributed by atoms with Crippen LogP contribution in [0.1, 0.15) is 45.6 Å². The number of nitrogens with two attached hydrogens (primary N) is 1. The van der Waals surface area contributed by atoms with Gasteiger partial charge in [0.1, 0.15) is 0 Å². The zero-order valence-corrected chi connectivity index (χ0v) is 13.4. The molecule has 0 spiro atoms. The average Bonchev–Trinajstić information content (AvgIpc) is 2.40. The lowest BCUT2D eigenvalue weighted by molar-refractivity contribution is 0.111. The third-order valence-electron chi connectivity index (χ3n) is 4.79. The van der Waals surface area contributed by atoms with Gasteiger partial charge in [0.25, 0.3) is 0 Å². The van der Waals surface area contributed by atoms with Crippen molar-refractivity contribution in [2.45, 2.75) is 46.5 Å². The molecular weight excluding hydrogens is 244 g/mol. The van der Waals surface area contributed by atoms with Crippen molar-refractivity contribution in [1.82, 2.24) is 4.90 Å². The first-order valence-electron chi connectivity index (χ1n) is 8.02. The van der Waals surface area contributed by atoms with Crippen molar-refractivity contribution in [3.8, 4) is 0 Å². The maximum absolute atomic E-state index is 5.99. The summed E-state index contributed by atoms with van der Waals surface area (Å²) in [5.41, 5.74) is 8.72. The van der Waals surface area contributed by atoms with Gasteiger partial charge in [-0.3, -0.25) is 0 Å². The largest absolute Gasteiger partial charge is 0.399 e. The van der Waals surface area contributed by atoms with Crippen LogP contribution in [-0.2, 0) is 6.42 Å². The molecule has 1 aliphatic rings. The first-order valence-corrected chi connectivity index (χ1v) is 8.02. The SMILES string of the molecule is CC(C)(C)C1CCN(CCCc2ccccc2N)CC1. The fraction of sp³-hybridized carbons (Fsp3) is 0.667. The molecule has 0 saturated carbocycles. The fourth-order valence-electron chi connectivity index (χ4n) is 3.28. The molecule has 112 valence electrons. The second kappa shape index (κ2) is 6.62. The number of nitrogens with zero attached hydrogens (tertiary/aromatic N) is 1. The molecule has 2 nitrogen and oxygen atoms in total. The van der Waals surface area contributed by atoms with Crippen LogP contribution >= 0.6 is 0 Å². The maximum Gasteiger partial charge on any atom is 0.0346 e. The number of para-hydroxylation sites is 1. The molecule has 0 unspecified atom stereocenters. The fourth-order valence-corrected chi connectivity index (χ4v) is 3.28. The van der Waals surface area contributed by atoms with Crippen LogP contribution in [0.2, 0.25) is 0 Å². The van der Waals surface area contributed by atoms with Crippen LogP contribution < -0.4 is 5.73 Å². The van der Waals surface area contributed by atoms with Gasteiger partial charge in [-0.1, -0.05) is 39.0 Å². The molecule has 1 aliphatic heterocycles. The molecule has 20 heavy (non-hydrogen) atoms. The van der Waals surface area contributed by atoms with Crippen molar-refractivity contribution in [1.29, 1.82) is 0 Å². The summed E-state index contributed by atoms with van der Waals surface area (Å²) in [5.74, 6) is 0.892. The summed E-state index contributed by atoms with van der Waals surface area (Å²) >= 11 is 0. The van der Waals surface area contributed by atoms with E-state index >= 15 is 0 Å². The number of hydrogen-bond donors (Lipinski definition) is 1. The summed E-state index contributed by atoms with van der Waals surface area (Å²) in [7, 11) is 0. The normalized spacial score (nSPS) is 18.4. The van der Waals surface area contributed by atoms with Gasteiger partial charge in [0.05, 0.1) is 0 Å². The van der Waals surface area contributed by atoms with Gasteiger partial charge in [0.2, 0.25) is 0 Å². The highest BCUT2D eigenvalue weighted by atomic mass is 15.1. The summed E-state index contributed by atoms with van der Waals surface area (Å²) in [6, 6.07) is 8.25. The van der Waals surface area contributed by atoms with Crippen molar-refractivity contribution < 1.29 is 0 Å². The highest BCUT2D eigenvalue weighted by Crippen LogP contribution is 2.34. The third kappa shape index (κ3) is 4.24. The van der Waals surface area contributed by atoms with E-state index < -0.39 is 0 Å². The van der Waals surface area contributed by atoms with Crippen LogP contribution in [0.25, 0.3) is 0 Å². The predicted molar refractivity (Wildman–Crippen MR) is 87.8 cm³/mol. The summed E-state index contributed by atoms with van der Waals surface area (Å²) in [5, 5.41) is 0. The molecule has 0 aromatic heterocycles. The van der Waals surface area contributed by atoms with Gasteiger partial charge < -0.3 is 10.6 Å². The molecule has 1 aromatic carbocycles. The first-order chi connectivity index (χ1) is 9.47. The van der Waals surface area contributed by atoms with Crippen LogP contribution in [0.15, 0.2) is 24.3 Å². The summed E-state index contributed by atoms with van der Waals surface area (Å²) in [6.07, 6.45) is 5.04. The number of likely N-dealkylation sites (tertiary alicyclic amines) is 1. The van der Waals surface area contributed by atoms with Crippen molar-refractivity contribution in [2.75, 3.05) is 25.4 Å². The Balaban J connectivity index is 1.71. The van der Waals surface area contributed by atoms with E-state index in [0.29, 0.717) is 5.41 Å². The van der Waals surface area contributed by atoms with Gasteiger partial charge in [-0.15, -0.1) is 0 Å². The van der Waals surface area contributed by atoms with Gasteiger partial charge in [0, 0.05) is 5.69 Å². The molecule has 1 heterocycles. The van der Waals surface area contributed by atoms with Gasteiger partial charge in [-0.25, -0.2) is 0 Å². The lowest BCUT2D eigenvalue weighted by Gasteiger charge is -2.38. The monoisotopic (exact) mass is 274 g/mol. The Hall–Kier alpha value is -1.02. The minimum Gasteiger partial charge on any atom is -0.399 e. The Morgan fingerprint density at radius 1 is 1.15 bits per heavy atom. The van der Waals surface area contributed by atoms with Gasteiger partial charge >= 0.3 is 0 Å². The Morgan fingerprint density at radius 3 is 2.40 bits per heavy atom. The quantitative estimate of drug-likeness (QED) is 0.842. The standard InChI is InChI=1S/C18H30N2/c1-18(2,3)16-10-13-20(14-11-16)12-6-8-15-7-4-5-9-17(15)19/h4-5,7,9,16H,6,8,10-14,19H2,1-3H3. The van der Waals surface area contributed by atoms with Crippen molar-refractivity contribution in [3.63, 3.8) is 0 Å². The van der Waals surface area contributed by atoms with E-state index in [9.17, 15) is 0 Å². The number of hydrogen-bond acceptors (Lipinski definition) is 2. The molecule has 0 bridgehead atoms. The van der Waals surface area contributed by atoms with Crippen LogP contribution in [0.4, 0.5) is 5.69 Å². The zero-order chi connectivity index (χ0) is 14.6. The van der Waals surface area contributed by atoms with Crippen LogP contribution in [0.5, 0.6) is 0 Å². The van der Waals surface area contributed by atoms with E-state index in [1.807, 2.05) is 12.1 Å². The smallest absolute Gasteiger partial charge is 0.0346 e. The molecule has 1 saturated heterocycles. The Kier molecular flexibility index (Phi) is 5.09. The van der Waals surface area contributed by atoms with Crippen molar-refractivity contribution in [3.05, 3.63) is 29.8 Å². The number of rotatable bonds is 4. The van der Waals surface area contributed by atoms with E-state index in [1.54, 1.807) is 0 Å². The second-order valence-corrected chi connectivity index (χ2v) is 7.28. The highest BCUT2D eigenvalue weighted by Gasteiger charge is 2.28. The molecule has 2 heteroatoms. The molecule has 2 rings (SSSR count). The Morgan fingerprint density at radius 2 is 1.80 bits per heavy atom. The van der Waals surface area contributed by atoms with Gasteiger partial charge in [-0.05, 0) is 68.3 Å². The number of anilines is 1.